The number of rotatable bonds is 6. The molecule has 230 valence electrons. The number of nitrogens with zero attached hydrogens (tertiary/aromatic N) is 3. The monoisotopic (exact) mass is 632 g/mol. The summed E-state index contributed by atoms with van der Waals surface area (Å²) in [4.78, 5) is 14.6. The van der Waals surface area contributed by atoms with Gasteiger partial charge in [0.25, 0.3) is 0 Å². The molecule has 0 spiro atoms. The first-order valence-corrected chi connectivity index (χ1v) is 15.9. The summed E-state index contributed by atoms with van der Waals surface area (Å²) in [7, 11) is 0. The smallest absolute Gasteiger partial charge is 0.164 e. The van der Waals surface area contributed by atoms with E-state index in [1.165, 1.54) is 11.1 Å². The van der Waals surface area contributed by atoms with Crippen LogP contribution in [-0.4, -0.2) is 15.0 Å². The number of aromatic nitrogens is 3. The normalized spacial score (nSPS) is 12.7. The molecular formula is C45H29N3O. The van der Waals surface area contributed by atoms with E-state index in [0.29, 0.717) is 34.2 Å². The maximum atomic E-state index is 8.40. The lowest BCUT2D eigenvalue weighted by atomic mass is 9.99. The van der Waals surface area contributed by atoms with Crippen LogP contribution in [0.15, 0.2) is 180 Å². The van der Waals surface area contributed by atoms with E-state index in [1.807, 2.05) is 72.8 Å². The molecule has 0 N–H and O–H groups in total. The third-order valence-electron chi connectivity index (χ3n) is 8.65. The first-order valence-electron chi connectivity index (χ1n) is 18.4. The van der Waals surface area contributed by atoms with Gasteiger partial charge in [0.1, 0.15) is 11.2 Å². The number of benzene rings is 7. The van der Waals surface area contributed by atoms with Crippen molar-refractivity contribution in [2.75, 3.05) is 0 Å². The van der Waals surface area contributed by atoms with E-state index >= 15 is 0 Å². The molecule has 4 heteroatoms. The Morgan fingerprint density at radius 3 is 1.47 bits per heavy atom. The third-order valence-corrected chi connectivity index (χ3v) is 8.65. The Morgan fingerprint density at radius 2 is 0.816 bits per heavy atom. The standard InChI is InChI=1S/C45H29N3O/c1-4-10-30(11-5-1)32-16-18-34(19-17-32)37-25-27-41-40(28-37)39-26-24-38(29-42(39)49-41)45-47-43(35-14-8-3-9-15-35)46-44(48-45)36-22-20-33(21-23-36)31-12-6-2-7-13-31/h1-29H/i2D,6D,7D,12D,13D. The Kier molecular flexibility index (Phi) is 5.87. The predicted octanol–water partition coefficient (Wildman–Crippen LogP) is 11.8. The van der Waals surface area contributed by atoms with Crippen LogP contribution in [0.4, 0.5) is 0 Å². The minimum Gasteiger partial charge on any atom is -0.456 e. The highest BCUT2D eigenvalue weighted by atomic mass is 16.3. The molecule has 9 aromatic rings. The maximum absolute atomic E-state index is 8.40. The summed E-state index contributed by atoms with van der Waals surface area (Å²) >= 11 is 0. The molecule has 2 heterocycles. The molecule has 2 aromatic heterocycles. The van der Waals surface area contributed by atoms with Crippen LogP contribution in [0.3, 0.4) is 0 Å². The fourth-order valence-corrected chi connectivity index (χ4v) is 6.11. The first-order chi connectivity index (χ1) is 26.3. The van der Waals surface area contributed by atoms with Crippen molar-refractivity contribution in [3.05, 3.63) is 176 Å². The van der Waals surface area contributed by atoms with E-state index in [-0.39, 0.29) is 29.7 Å². The van der Waals surface area contributed by atoms with E-state index < -0.39 is 6.04 Å². The van der Waals surface area contributed by atoms with Crippen LogP contribution in [0.5, 0.6) is 0 Å². The molecule has 0 bridgehead atoms. The van der Waals surface area contributed by atoms with Gasteiger partial charge in [-0.1, -0.05) is 152 Å². The van der Waals surface area contributed by atoms with Crippen molar-refractivity contribution < 1.29 is 11.3 Å². The van der Waals surface area contributed by atoms with Crippen LogP contribution >= 0.6 is 0 Å². The summed E-state index contributed by atoms with van der Waals surface area (Å²) in [6.07, 6.45) is 0. The Balaban J connectivity index is 1.09. The highest BCUT2D eigenvalue weighted by Crippen LogP contribution is 2.35. The predicted molar refractivity (Wildman–Crippen MR) is 200 cm³/mol. The topological polar surface area (TPSA) is 51.8 Å². The van der Waals surface area contributed by atoms with Gasteiger partial charge in [0.05, 0.1) is 6.85 Å². The van der Waals surface area contributed by atoms with Crippen LogP contribution in [0.2, 0.25) is 0 Å². The number of hydrogen-bond acceptors (Lipinski definition) is 4. The van der Waals surface area contributed by atoms with Crippen LogP contribution < -0.4 is 0 Å². The van der Waals surface area contributed by atoms with Gasteiger partial charge in [-0.15, -0.1) is 0 Å². The van der Waals surface area contributed by atoms with Crippen molar-refractivity contribution >= 4 is 21.9 Å². The van der Waals surface area contributed by atoms with E-state index in [4.69, 9.17) is 26.2 Å². The van der Waals surface area contributed by atoms with E-state index in [9.17, 15) is 0 Å². The van der Waals surface area contributed by atoms with Gasteiger partial charge in [-0.3, -0.25) is 0 Å². The van der Waals surface area contributed by atoms with Crippen molar-refractivity contribution in [2.45, 2.75) is 0 Å². The van der Waals surface area contributed by atoms with Crippen molar-refractivity contribution in [1.29, 1.82) is 0 Å². The van der Waals surface area contributed by atoms with Crippen LogP contribution in [-0.2, 0) is 0 Å². The average Bonchev–Trinajstić information content (AvgIpc) is 3.60. The molecule has 0 atom stereocenters. The molecule has 0 radical (unpaired) electrons. The largest absolute Gasteiger partial charge is 0.456 e. The molecule has 0 unspecified atom stereocenters. The third kappa shape index (κ3) is 5.56. The fourth-order valence-electron chi connectivity index (χ4n) is 6.11. The molecule has 0 fully saturated rings. The van der Waals surface area contributed by atoms with Gasteiger partial charge in [-0.2, -0.15) is 0 Å². The molecule has 0 aliphatic heterocycles. The summed E-state index contributed by atoms with van der Waals surface area (Å²) in [6.45, 7) is 0. The molecular weight excluding hydrogens is 599 g/mol. The SMILES string of the molecule is [2H]c1c([2H])c([2H])c(-c2ccc(-c3nc(-c4ccccc4)nc(-c4ccc5c(c4)oc4ccc(-c6ccc(-c7ccccc7)cc6)cc45)n3)cc2)c([2H])c1[2H]. The second kappa shape index (κ2) is 12.2. The van der Waals surface area contributed by atoms with Crippen molar-refractivity contribution in [3.8, 4) is 67.5 Å². The van der Waals surface area contributed by atoms with Gasteiger partial charge in [-0.05, 0) is 57.6 Å². The van der Waals surface area contributed by atoms with Gasteiger partial charge in [0, 0.05) is 27.5 Å². The minimum absolute atomic E-state index is 0.140. The molecule has 0 saturated carbocycles. The lowest BCUT2D eigenvalue weighted by molar-refractivity contribution is 0.669. The molecule has 4 nitrogen and oxygen atoms in total. The molecule has 0 aliphatic carbocycles. The first kappa shape index (κ1) is 23.6. The van der Waals surface area contributed by atoms with E-state index in [1.54, 1.807) is 24.3 Å². The van der Waals surface area contributed by atoms with E-state index in [0.717, 1.165) is 38.6 Å². The minimum atomic E-state index is -0.424. The average molecular weight is 633 g/mol. The van der Waals surface area contributed by atoms with E-state index in [2.05, 4.69) is 48.5 Å². The number of fused-ring (bicyclic) bond motifs is 3. The van der Waals surface area contributed by atoms with Crippen LogP contribution in [0.1, 0.15) is 6.85 Å². The van der Waals surface area contributed by atoms with Crippen LogP contribution in [0.25, 0.3) is 89.5 Å². The zero-order chi connectivity index (χ0) is 36.9. The lowest BCUT2D eigenvalue weighted by Crippen LogP contribution is -2.00. The molecule has 0 aliphatic rings. The molecule has 49 heavy (non-hydrogen) atoms. The second-order valence-electron chi connectivity index (χ2n) is 11.7. The number of furan rings is 1. The second-order valence-corrected chi connectivity index (χ2v) is 11.7. The van der Waals surface area contributed by atoms with Crippen molar-refractivity contribution in [1.82, 2.24) is 15.0 Å². The quantitative estimate of drug-likeness (QED) is 0.183. The Morgan fingerprint density at radius 1 is 0.347 bits per heavy atom. The highest BCUT2D eigenvalue weighted by molar-refractivity contribution is 6.07. The number of hydrogen-bond donors (Lipinski definition) is 0. The summed E-state index contributed by atoms with van der Waals surface area (Å²) in [6, 6.07) is 46.2. The molecule has 7 aromatic carbocycles. The lowest BCUT2D eigenvalue weighted by Gasteiger charge is -2.09. The van der Waals surface area contributed by atoms with Gasteiger partial charge < -0.3 is 4.42 Å². The van der Waals surface area contributed by atoms with Gasteiger partial charge in [0.15, 0.2) is 17.5 Å². The van der Waals surface area contributed by atoms with Gasteiger partial charge in [-0.25, -0.2) is 15.0 Å². The summed E-state index contributed by atoms with van der Waals surface area (Å²) in [5.41, 5.74) is 8.97. The zero-order valence-corrected chi connectivity index (χ0v) is 26.1. The van der Waals surface area contributed by atoms with Gasteiger partial charge >= 0.3 is 0 Å². The molecule has 0 saturated heterocycles. The van der Waals surface area contributed by atoms with Crippen molar-refractivity contribution in [2.24, 2.45) is 0 Å². The van der Waals surface area contributed by atoms with Gasteiger partial charge in [0.2, 0.25) is 0 Å². The summed E-state index contributed by atoms with van der Waals surface area (Å²) in [5.74, 6) is 1.40. The Bertz CT molecular complexity index is 2830. The highest BCUT2D eigenvalue weighted by Gasteiger charge is 2.15. The Labute approximate surface area is 291 Å². The summed E-state index contributed by atoms with van der Waals surface area (Å²) < 4.78 is 47.3. The van der Waals surface area contributed by atoms with Crippen molar-refractivity contribution in [3.63, 3.8) is 0 Å². The Hall–Kier alpha value is -6.65. The maximum Gasteiger partial charge on any atom is 0.164 e. The summed E-state index contributed by atoms with van der Waals surface area (Å²) in [5, 5.41) is 2.00. The fraction of sp³-hybridized carbons (Fsp3) is 0. The van der Waals surface area contributed by atoms with Crippen LogP contribution in [0, 0.1) is 0 Å². The zero-order valence-electron chi connectivity index (χ0n) is 31.1. The molecule has 9 rings (SSSR count). The molecule has 0 amide bonds.